The Balaban J connectivity index is 1.83. The maximum absolute atomic E-state index is 11.8. The molecule has 0 atom stereocenters. The quantitative estimate of drug-likeness (QED) is 0.611. The number of para-hydroxylation sites is 1. The topological polar surface area (TPSA) is 45.8 Å². The summed E-state index contributed by atoms with van der Waals surface area (Å²) in [6.45, 7) is 0. The zero-order valence-corrected chi connectivity index (χ0v) is 11.9. The molecule has 4 rings (SSSR count). The van der Waals surface area contributed by atoms with Gasteiger partial charge in [0.05, 0.1) is 5.52 Å². The summed E-state index contributed by atoms with van der Waals surface area (Å²) in [4.78, 5) is 19.3. The lowest BCUT2D eigenvalue weighted by atomic mass is 10.0. The van der Waals surface area contributed by atoms with Gasteiger partial charge in [-0.3, -0.25) is 9.78 Å². The summed E-state index contributed by atoms with van der Waals surface area (Å²) >= 11 is 0. The number of H-pyrrole nitrogens is 1. The molecule has 0 unspecified atom stereocenters. The Morgan fingerprint density at radius 2 is 1.68 bits per heavy atom. The molecule has 3 heteroatoms. The number of pyridine rings is 2. The first kappa shape index (κ1) is 12.8. The lowest BCUT2D eigenvalue weighted by molar-refractivity contribution is 1.06. The first-order chi connectivity index (χ1) is 10.8. The molecule has 0 aliphatic rings. The van der Waals surface area contributed by atoms with Crippen LogP contribution in [0.15, 0.2) is 71.7 Å². The van der Waals surface area contributed by atoms with Gasteiger partial charge in [-0.05, 0) is 23.1 Å². The van der Waals surface area contributed by atoms with Crippen LogP contribution >= 0.6 is 0 Å². The molecular formula is C19H14N2O. The van der Waals surface area contributed by atoms with Gasteiger partial charge < -0.3 is 4.98 Å². The zero-order chi connectivity index (χ0) is 14.9. The molecule has 0 spiro atoms. The van der Waals surface area contributed by atoms with Crippen LogP contribution in [-0.2, 0) is 6.42 Å². The van der Waals surface area contributed by atoms with Crippen molar-refractivity contribution >= 4 is 21.7 Å². The average Bonchev–Trinajstić information content (AvgIpc) is 2.54. The number of hydrogen-bond acceptors (Lipinski definition) is 2. The van der Waals surface area contributed by atoms with E-state index in [2.05, 4.69) is 22.1 Å². The molecule has 4 aromatic rings. The second-order valence-corrected chi connectivity index (χ2v) is 5.41. The molecule has 106 valence electrons. The Hall–Kier alpha value is -2.94. The number of hydrogen-bond donors (Lipinski definition) is 1. The molecule has 0 saturated heterocycles. The number of nitrogens with one attached hydrogen (secondary N) is 1. The molecule has 0 fully saturated rings. The largest absolute Gasteiger partial charge is 0.325 e. The van der Waals surface area contributed by atoms with Gasteiger partial charge in [-0.15, -0.1) is 0 Å². The fourth-order valence-electron chi connectivity index (χ4n) is 2.85. The Morgan fingerprint density at radius 3 is 2.59 bits per heavy atom. The van der Waals surface area contributed by atoms with Crippen LogP contribution in [-0.4, -0.2) is 9.97 Å². The van der Waals surface area contributed by atoms with E-state index in [4.69, 9.17) is 0 Å². The molecule has 0 radical (unpaired) electrons. The highest BCUT2D eigenvalue weighted by Crippen LogP contribution is 2.19. The predicted octanol–water partition coefficient (Wildman–Crippen LogP) is 3.67. The smallest absolute Gasteiger partial charge is 0.248 e. The predicted molar refractivity (Wildman–Crippen MR) is 89.1 cm³/mol. The monoisotopic (exact) mass is 286 g/mol. The number of aromatic nitrogens is 2. The minimum Gasteiger partial charge on any atom is -0.325 e. The van der Waals surface area contributed by atoms with Crippen molar-refractivity contribution in [1.82, 2.24) is 9.97 Å². The van der Waals surface area contributed by atoms with Crippen molar-refractivity contribution in [2.75, 3.05) is 0 Å². The summed E-state index contributed by atoms with van der Waals surface area (Å²) in [7, 11) is 0. The summed E-state index contributed by atoms with van der Waals surface area (Å²) < 4.78 is 0. The number of aromatic amines is 1. The Kier molecular flexibility index (Phi) is 2.97. The van der Waals surface area contributed by atoms with Gasteiger partial charge in [0, 0.05) is 35.2 Å². The summed E-state index contributed by atoms with van der Waals surface area (Å²) in [5.74, 6) is 0. The Morgan fingerprint density at radius 1 is 0.909 bits per heavy atom. The van der Waals surface area contributed by atoms with Gasteiger partial charge in [0.1, 0.15) is 0 Å². The van der Waals surface area contributed by atoms with Crippen molar-refractivity contribution in [1.29, 1.82) is 0 Å². The van der Waals surface area contributed by atoms with Crippen LogP contribution in [0.5, 0.6) is 0 Å². The second-order valence-electron chi connectivity index (χ2n) is 5.41. The van der Waals surface area contributed by atoms with E-state index < -0.39 is 0 Å². The fourth-order valence-corrected chi connectivity index (χ4v) is 2.85. The molecule has 22 heavy (non-hydrogen) atoms. The molecule has 0 saturated carbocycles. The van der Waals surface area contributed by atoms with Gasteiger partial charge in [-0.2, -0.15) is 0 Å². The highest BCUT2D eigenvalue weighted by atomic mass is 16.1. The summed E-state index contributed by atoms with van der Waals surface area (Å²) in [6.07, 6.45) is 2.54. The van der Waals surface area contributed by atoms with Crippen LogP contribution in [0.4, 0.5) is 0 Å². The molecule has 2 aromatic heterocycles. The van der Waals surface area contributed by atoms with Crippen molar-refractivity contribution < 1.29 is 0 Å². The van der Waals surface area contributed by atoms with Gasteiger partial charge in [0.25, 0.3) is 0 Å². The van der Waals surface area contributed by atoms with Crippen molar-refractivity contribution in [2.24, 2.45) is 0 Å². The normalized spacial score (nSPS) is 11.1. The molecule has 1 N–H and O–H groups in total. The molecule has 2 aromatic carbocycles. The maximum Gasteiger partial charge on any atom is 0.248 e. The third-order valence-corrected chi connectivity index (χ3v) is 3.87. The van der Waals surface area contributed by atoms with Gasteiger partial charge in [0.15, 0.2) is 0 Å². The fraction of sp³-hybridized carbons (Fsp3) is 0.0526. The summed E-state index contributed by atoms with van der Waals surface area (Å²) in [6, 6.07) is 19.7. The summed E-state index contributed by atoms with van der Waals surface area (Å²) in [5.41, 5.74) is 2.94. The number of fused-ring (bicyclic) bond motifs is 2. The van der Waals surface area contributed by atoms with E-state index in [0.29, 0.717) is 6.42 Å². The van der Waals surface area contributed by atoms with E-state index in [1.165, 1.54) is 0 Å². The third kappa shape index (κ3) is 2.27. The maximum atomic E-state index is 11.8. The lowest BCUT2D eigenvalue weighted by Crippen LogP contribution is -2.08. The van der Waals surface area contributed by atoms with Crippen molar-refractivity contribution in [3.05, 3.63) is 88.5 Å². The molecule has 0 amide bonds. The van der Waals surface area contributed by atoms with E-state index in [-0.39, 0.29) is 5.56 Å². The van der Waals surface area contributed by atoms with Crippen LogP contribution in [0.2, 0.25) is 0 Å². The van der Waals surface area contributed by atoms with E-state index in [1.54, 1.807) is 6.07 Å². The highest BCUT2D eigenvalue weighted by Gasteiger charge is 2.05. The van der Waals surface area contributed by atoms with E-state index in [0.717, 1.165) is 32.9 Å². The minimum atomic E-state index is -0.0672. The zero-order valence-electron chi connectivity index (χ0n) is 11.9. The first-order valence-electron chi connectivity index (χ1n) is 7.24. The van der Waals surface area contributed by atoms with Crippen molar-refractivity contribution in [3.8, 4) is 0 Å². The SMILES string of the molecule is O=c1cc2ccccc2c(Cc2cnc3ccccc3c2)[nH]1. The van der Waals surface area contributed by atoms with Crippen LogP contribution in [0.1, 0.15) is 11.3 Å². The van der Waals surface area contributed by atoms with E-state index in [9.17, 15) is 4.79 Å². The minimum absolute atomic E-state index is 0.0672. The second kappa shape index (κ2) is 5.11. The van der Waals surface area contributed by atoms with Crippen LogP contribution in [0.3, 0.4) is 0 Å². The van der Waals surface area contributed by atoms with Crippen LogP contribution in [0, 0.1) is 0 Å². The standard InChI is InChI=1S/C19H14N2O/c22-19-11-14-5-1-3-7-16(14)18(21-19)10-13-9-15-6-2-4-8-17(15)20-12-13/h1-9,11-12H,10H2,(H,21,22). The Bertz CT molecular complexity index is 1030. The van der Waals surface area contributed by atoms with Crippen LogP contribution in [0.25, 0.3) is 21.7 Å². The van der Waals surface area contributed by atoms with Gasteiger partial charge in [0.2, 0.25) is 5.56 Å². The van der Waals surface area contributed by atoms with Crippen molar-refractivity contribution in [2.45, 2.75) is 6.42 Å². The van der Waals surface area contributed by atoms with Crippen molar-refractivity contribution in [3.63, 3.8) is 0 Å². The third-order valence-electron chi connectivity index (χ3n) is 3.87. The number of benzene rings is 2. The van der Waals surface area contributed by atoms with E-state index >= 15 is 0 Å². The molecule has 0 bridgehead atoms. The number of rotatable bonds is 2. The van der Waals surface area contributed by atoms with E-state index in [1.807, 2.05) is 48.7 Å². The molecule has 0 aliphatic heterocycles. The van der Waals surface area contributed by atoms with Gasteiger partial charge >= 0.3 is 0 Å². The first-order valence-corrected chi connectivity index (χ1v) is 7.24. The number of nitrogens with zero attached hydrogens (tertiary/aromatic N) is 1. The molecule has 2 heterocycles. The highest BCUT2D eigenvalue weighted by molar-refractivity contribution is 5.85. The Labute approximate surface area is 127 Å². The summed E-state index contributed by atoms with van der Waals surface area (Å²) in [5, 5.41) is 3.16. The molecular weight excluding hydrogens is 272 g/mol. The van der Waals surface area contributed by atoms with Gasteiger partial charge in [-0.1, -0.05) is 42.5 Å². The van der Waals surface area contributed by atoms with Gasteiger partial charge in [-0.25, -0.2) is 0 Å². The van der Waals surface area contributed by atoms with Crippen LogP contribution < -0.4 is 5.56 Å². The molecule has 3 nitrogen and oxygen atoms in total. The lowest BCUT2D eigenvalue weighted by Gasteiger charge is -2.07. The average molecular weight is 286 g/mol. The molecule has 0 aliphatic carbocycles.